The molecule has 4 heterocycles. The van der Waals surface area contributed by atoms with Crippen LogP contribution < -0.4 is 9.64 Å². The van der Waals surface area contributed by atoms with Gasteiger partial charge in [0.25, 0.3) is 5.91 Å². The normalized spacial score (nSPS) is 14.2. The van der Waals surface area contributed by atoms with Gasteiger partial charge in [-0.3, -0.25) is 4.79 Å². The molecule has 0 saturated carbocycles. The summed E-state index contributed by atoms with van der Waals surface area (Å²) in [4.78, 5) is 16.1. The standard InChI is InChI=1S/C21H18F2N6O3/c22-14-3-4-16(15(23)12-14)32-13-20(30)28-9-7-27(8-10-28)19-6-5-18-24-25-21(29(18)26-19)17-2-1-11-31-17/h1-6,11-12H,7-10,13H2. The number of hydrogen-bond donors (Lipinski definition) is 0. The number of piperazine rings is 1. The van der Waals surface area contributed by atoms with E-state index in [4.69, 9.17) is 9.15 Å². The van der Waals surface area contributed by atoms with Crippen LogP contribution >= 0.6 is 0 Å². The molecule has 1 saturated heterocycles. The average molecular weight is 440 g/mol. The smallest absolute Gasteiger partial charge is 0.260 e. The maximum absolute atomic E-state index is 13.7. The van der Waals surface area contributed by atoms with Gasteiger partial charge in [0, 0.05) is 32.2 Å². The van der Waals surface area contributed by atoms with Gasteiger partial charge in [-0.1, -0.05) is 0 Å². The highest BCUT2D eigenvalue weighted by molar-refractivity contribution is 5.78. The molecule has 3 aromatic heterocycles. The lowest BCUT2D eigenvalue weighted by molar-refractivity contribution is -0.133. The zero-order valence-electron chi connectivity index (χ0n) is 16.8. The van der Waals surface area contributed by atoms with Gasteiger partial charge in [-0.15, -0.1) is 15.3 Å². The molecule has 164 valence electrons. The first-order valence-electron chi connectivity index (χ1n) is 9.95. The molecule has 1 aliphatic rings. The first-order valence-corrected chi connectivity index (χ1v) is 9.95. The molecular formula is C21H18F2N6O3. The average Bonchev–Trinajstić information content (AvgIpc) is 3.47. The number of anilines is 1. The number of ether oxygens (including phenoxy) is 1. The van der Waals surface area contributed by atoms with Gasteiger partial charge >= 0.3 is 0 Å². The second kappa shape index (κ2) is 8.25. The van der Waals surface area contributed by atoms with E-state index in [1.807, 2.05) is 12.1 Å². The number of hydrogen-bond acceptors (Lipinski definition) is 7. The molecule has 11 heteroatoms. The summed E-state index contributed by atoms with van der Waals surface area (Å²) in [5, 5.41) is 12.9. The topological polar surface area (TPSA) is 89.0 Å². The number of amides is 1. The van der Waals surface area contributed by atoms with E-state index in [1.165, 1.54) is 6.07 Å². The quantitative estimate of drug-likeness (QED) is 0.471. The van der Waals surface area contributed by atoms with Crippen LogP contribution in [0.1, 0.15) is 0 Å². The molecule has 0 bridgehead atoms. The Morgan fingerprint density at radius 3 is 2.66 bits per heavy atom. The van der Waals surface area contributed by atoms with Crippen LogP contribution in [-0.2, 0) is 4.79 Å². The zero-order valence-corrected chi connectivity index (χ0v) is 16.8. The third-order valence-electron chi connectivity index (χ3n) is 5.19. The van der Waals surface area contributed by atoms with Gasteiger partial charge in [-0.05, 0) is 36.4 Å². The van der Waals surface area contributed by atoms with E-state index in [1.54, 1.807) is 27.8 Å². The van der Waals surface area contributed by atoms with E-state index in [0.717, 1.165) is 18.0 Å². The molecule has 4 aromatic rings. The second-order valence-corrected chi connectivity index (χ2v) is 7.19. The fourth-order valence-electron chi connectivity index (χ4n) is 3.52. The summed E-state index contributed by atoms with van der Waals surface area (Å²) in [6.45, 7) is 1.72. The number of carbonyl (C=O) groups is 1. The zero-order chi connectivity index (χ0) is 22.1. The third kappa shape index (κ3) is 3.84. The molecule has 32 heavy (non-hydrogen) atoms. The molecule has 1 fully saturated rings. The first kappa shape index (κ1) is 19.9. The highest BCUT2D eigenvalue weighted by Crippen LogP contribution is 2.21. The summed E-state index contributed by atoms with van der Waals surface area (Å²) >= 11 is 0. The van der Waals surface area contributed by atoms with E-state index in [9.17, 15) is 13.6 Å². The van der Waals surface area contributed by atoms with Gasteiger partial charge in [0.1, 0.15) is 11.6 Å². The Morgan fingerprint density at radius 2 is 1.91 bits per heavy atom. The largest absolute Gasteiger partial charge is 0.481 e. The van der Waals surface area contributed by atoms with Crippen molar-refractivity contribution in [3.8, 4) is 17.3 Å². The van der Waals surface area contributed by atoms with Crippen LogP contribution in [0.3, 0.4) is 0 Å². The molecular weight excluding hydrogens is 422 g/mol. The van der Waals surface area contributed by atoms with Crippen molar-refractivity contribution < 1.29 is 22.7 Å². The van der Waals surface area contributed by atoms with Gasteiger partial charge < -0.3 is 19.0 Å². The van der Waals surface area contributed by atoms with Crippen molar-refractivity contribution in [3.05, 3.63) is 60.4 Å². The van der Waals surface area contributed by atoms with Crippen molar-refractivity contribution >= 4 is 17.4 Å². The predicted molar refractivity (Wildman–Crippen MR) is 109 cm³/mol. The van der Waals surface area contributed by atoms with E-state index in [2.05, 4.69) is 20.2 Å². The summed E-state index contributed by atoms with van der Waals surface area (Å²) in [5.74, 6) is -0.172. The van der Waals surface area contributed by atoms with Gasteiger partial charge in [-0.25, -0.2) is 8.78 Å². The number of halogens is 2. The highest BCUT2D eigenvalue weighted by Gasteiger charge is 2.23. The van der Waals surface area contributed by atoms with E-state index >= 15 is 0 Å². The molecule has 1 aliphatic heterocycles. The third-order valence-corrected chi connectivity index (χ3v) is 5.19. The molecule has 0 spiro atoms. The Balaban J connectivity index is 1.22. The number of fused-ring (bicyclic) bond motifs is 1. The lowest BCUT2D eigenvalue weighted by Gasteiger charge is -2.35. The molecule has 0 aliphatic carbocycles. The maximum atomic E-state index is 13.7. The van der Waals surface area contributed by atoms with Gasteiger partial charge in [-0.2, -0.15) is 4.52 Å². The number of rotatable bonds is 5. The van der Waals surface area contributed by atoms with E-state index in [-0.39, 0.29) is 18.3 Å². The van der Waals surface area contributed by atoms with Crippen molar-refractivity contribution in [3.63, 3.8) is 0 Å². The van der Waals surface area contributed by atoms with Crippen molar-refractivity contribution in [2.24, 2.45) is 0 Å². The van der Waals surface area contributed by atoms with Crippen molar-refractivity contribution in [1.29, 1.82) is 0 Å². The number of nitrogens with zero attached hydrogens (tertiary/aromatic N) is 6. The number of aromatic nitrogens is 4. The highest BCUT2D eigenvalue weighted by atomic mass is 19.1. The van der Waals surface area contributed by atoms with Crippen LogP contribution in [0.5, 0.6) is 5.75 Å². The Morgan fingerprint density at radius 1 is 1.06 bits per heavy atom. The molecule has 1 amide bonds. The van der Waals surface area contributed by atoms with Crippen molar-refractivity contribution in [1.82, 2.24) is 24.7 Å². The second-order valence-electron chi connectivity index (χ2n) is 7.19. The fraction of sp³-hybridized carbons (Fsp3) is 0.238. The lowest BCUT2D eigenvalue weighted by Crippen LogP contribution is -2.50. The fourth-order valence-corrected chi connectivity index (χ4v) is 3.52. The molecule has 0 N–H and O–H groups in total. The van der Waals surface area contributed by atoms with E-state index < -0.39 is 11.6 Å². The molecule has 0 atom stereocenters. The molecule has 0 radical (unpaired) electrons. The van der Waals surface area contributed by atoms with Crippen molar-refractivity contribution in [2.45, 2.75) is 0 Å². The van der Waals surface area contributed by atoms with Crippen LogP contribution in [0.15, 0.2) is 53.1 Å². The van der Waals surface area contributed by atoms with Gasteiger partial charge in [0.2, 0.25) is 5.82 Å². The summed E-state index contributed by atoms with van der Waals surface area (Å²) < 4.78 is 38.9. The summed E-state index contributed by atoms with van der Waals surface area (Å²) in [6.07, 6.45) is 1.56. The Kier molecular flexibility index (Phi) is 5.13. The Hall–Kier alpha value is -4.02. The summed E-state index contributed by atoms with van der Waals surface area (Å²) in [6, 6.07) is 10.2. The summed E-state index contributed by atoms with van der Waals surface area (Å²) in [5.41, 5.74) is 0.596. The van der Waals surface area contributed by atoms with Crippen LogP contribution in [0.25, 0.3) is 17.2 Å². The van der Waals surface area contributed by atoms with Crippen LogP contribution in [0, 0.1) is 11.6 Å². The minimum Gasteiger partial charge on any atom is -0.481 e. The maximum Gasteiger partial charge on any atom is 0.260 e. The molecule has 9 nitrogen and oxygen atoms in total. The summed E-state index contributed by atoms with van der Waals surface area (Å²) in [7, 11) is 0. The molecule has 0 unspecified atom stereocenters. The number of carbonyl (C=O) groups excluding carboxylic acids is 1. The molecule has 1 aromatic carbocycles. The minimum absolute atomic E-state index is 0.155. The van der Waals surface area contributed by atoms with Crippen LogP contribution in [0.4, 0.5) is 14.6 Å². The first-order chi connectivity index (χ1) is 15.6. The van der Waals surface area contributed by atoms with Crippen LogP contribution in [0.2, 0.25) is 0 Å². The van der Waals surface area contributed by atoms with E-state index in [0.29, 0.717) is 43.4 Å². The minimum atomic E-state index is -0.841. The lowest BCUT2D eigenvalue weighted by atomic mass is 10.3. The number of benzene rings is 1. The Bertz CT molecular complexity index is 1250. The predicted octanol–water partition coefficient (Wildman–Crippen LogP) is 2.39. The monoisotopic (exact) mass is 440 g/mol. The molecule has 5 rings (SSSR count). The van der Waals surface area contributed by atoms with Crippen molar-refractivity contribution in [2.75, 3.05) is 37.7 Å². The SMILES string of the molecule is O=C(COc1ccc(F)cc1F)N1CCN(c2ccc3nnc(-c4ccco4)n3n2)CC1. The Labute approximate surface area is 180 Å². The van der Waals surface area contributed by atoms with Gasteiger partial charge in [0.15, 0.2) is 29.6 Å². The number of furan rings is 1. The van der Waals surface area contributed by atoms with Crippen LogP contribution in [-0.4, -0.2) is 63.4 Å². The van der Waals surface area contributed by atoms with Gasteiger partial charge in [0.05, 0.1) is 6.26 Å².